The Morgan fingerprint density at radius 3 is 3.00 bits per heavy atom. The molecule has 2 rings (SSSR count). The van der Waals surface area contributed by atoms with Crippen molar-refractivity contribution in [1.29, 1.82) is 0 Å². The van der Waals surface area contributed by atoms with Crippen molar-refractivity contribution in [2.45, 2.75) is 6.92 Å². The van der Waals surface area contributed by atoms with E-state index in [1.807, 2.05) is 25.1 Å². The Bertz CT molecular complexity index is 406. The summed E-state index contributed by atoms with van der Waals surface area (Å²) in [6, 6.07) is 6.07. The van der Waals surface area contributed by atoms with Crippen molar-refractivity contribution in [2.24, 2.45) is 0 Å². The lowest BCUT2D eigenvalue weighted by Crippen LogP contribution is -2.02. The topological polar surface area (TPSA) is 27.1 Å². The molecule has 0 fully saturated rings. The minimum atomic E-state index is 0.969. The molecule has 0 spiro atoms. The zero-order valence-electron chi connectivity index (χ0n) is 7.11. The first-order valence-electron chi connectivity index (χ1n) is 3.79. The van der Waals surface area contributed by atoms with Crippen molar-refractivity contribution in [1.82, 2.24) is 9.71 Å². The molecule has 0 radical (unpaired) electrons. The highest BCUT2D eigenvalue weighted by molar-refractivity contribution is 5.75. The van der Waals surface area contributed by atoms with Gasteiger partial charge >= 0.3 is 0 Å². The summed E-state index contributed by atoms with van der Waals surface area (Å²) in [6.07, 6.45) is 1.67. The van der Waals surface area contributed by atoms with E-state index < -0.39 is 0 Å². The van der Waals surface area contributed by atoms with Gasteiger partial charge in [-0.1, -0.05) is 6.07 Å². The zero-order chi connectivity index (χ0) is 8.55. The molecule has 1 aromatic heterocycles. The maximum atomic E-state index is 5.06. The Kier molecular flexibility index (Phi) is 1.50. The summed E-state index contributed by atoms with van der Waals surface area (Å²) < 4.78 is 1.65. The first-order valence-corrected chi connectivity index (χ1v) is 3.79. The van der Waals surface area contributed by atoms with Crippen molar-refractivity contribution in [3.8, 4) is 0 Å². The molecule has 0 saturated heterocycles. The van der Waals surface area contributed by atoms with Crippen molar-refractivity contribution >= 4 is 11.0 Å². The molecule has 0 unspecified atom stereocenters. The van der Waals surface area contributed by atoms with Crippen LogP contribution in [0.15, 0.2) is 24.5 Å². The molecule has 0 amide bonds. The maximum Gasteiger partial charge on any atom is 0.133 e. The summed E-state index contributed by atoms with van der Waals surface area (Å²) in [5.74, 6) is 0. The standard InChI is InChI=1S/C9H10N2O/c1-7-3-4-9-8(5-7)10-6-11(9)12-2/h3-6H,1-2H3. The third kappa shape index (κ3) is 0.942. The van der Waals surface area contributed by atoms with Gasteiger partial charge in [-0.3, -0.25) is 0 Å². The van der Waals surface area contributed by atoms with Crippen LogP contribution in [0.25, 0.3) is 11.0 Å². The SMILES string of the molecule is COn1cnc2cc(C)ccc21. The van der Waals surface area contributed by atoms with E-state index in [1.54, 1.807) is 18.2 Å². The van der Waals surface area contributed by atoms with Crippen LogP contribution in [0, 0.1) is 6.92 Å². The highest BCUT2D eigenvalue weighted by Crippen LogP contribution is 2.12. The van der Waals surface area contributed by atoms with Gasteiger partial charge in [0.15, 0.2) is 0 Å². The third-order valence-corrected chi connectivity index (χ3v) is 1.87. The van der Waals surface area contributed by atoms with Crippen LogP contribution in [0.1, 0.15) is 5.56 Å². The number of aromatic nitrogens is 2. The van der Waals surface area contributed by atoms with Crippen LogP contribution in [-0.4, -0.2) is 16.8 Å². The molecule has 12 heavy (non-hydrogen) atoms. The van der Waals surface area contributed by atoms with Gasteiger partial charge in [0, 0.05) is 0 Å². The van der Waals surface area contributed by atoms with Crippen LogP contribution < -0.4 is 4.84 Å². The van der Waals surface area contributed by atoms with Crippen molar-refractivity contribution in [2.75, 3.05) is 7.11 Å². The molecule has 0 aliphatic heterocycles. The first kappa shape index (κ1) is 7.16. The second-order valence-corrected chi connectivity index (χ2v) is 2.75. The second kappa shape index (κ2) is 2.52. The number of imidazole rings is 1. The molecule has 2 aromatic rings. The predicted octanol–water partition coefficient (Wildman–Crippen LogP) is 1.40. The number of aryl methyl sites for hydroxylation is 1. The van der Waals surface area contributed by atoms with E-state index in [1.165, 1.54) is 5.56 Å². The molecule has 0 saturated carbocycles. The van der Waals surface area contributed by atoms with Gasteiger partial charge in [-0.05, 0) is 24.6 Å². The Morgan fingerprint density at radius 1 is 1.42 bits per heavy atom. The van der Waals surface area contributed by atoms with Gasteiger partial charge in [0.05, 0.1) is 5.52 Å². The molecule has 1 aromatic carbocycles. The number of hydrogen-bond acceptors (Lipinski definition) is 2. The molecule has 0 bridgehead atoms. The van der Waals surface area contributed by atoms with Crippen LogP contribution in [0.2, 0.25) is 0 Å². The zero-order valence-corrected chi connectivity index (χ0v) is 7.11. The summed E-state index contributed by atoms with van der Waals surface area (Å²) in [6.45, 7) is 2.05. The number of benzene rings is 1. The van der Waals surface area contributed by atoms with Gasteiger partial charge in [-0.25, -0.2) is 4.98 Å². The summed E-state index contributed by atoms with van der Waals surface area (Å²) in [5, 5.41) is 0. The minimum absolute atomic E-state index is 0.969. The monoisotopic (exact) mass is 162 g/mol. The first-order chi connectivity index (χ1) is 5.81. The quantitative estimate of drug-likeness (QED) is 0.633. The second-order valence-electron chi connectivity index (χ2n) is 2.75. The Morgan fingerprint density at radius 2 is 2.25 bits per heavy atom. The smallest absolute Gasteiger partial charge is 0.133 e. The summed E-state index contributed by atoms with van der Waals surface area (Å²) >= 11 is 0. The Balaban J connectivity index is 2.73. The lowest BCUT2D eigenvalue weighted by molar-refractivity contribution is 0.177. The van der Waals surface area contributed by atoms with E-state index in [2.05, 4.69) is 4.98 Å². The van der Waals surface area contributed by atoms with E-state index in [-0.39, 0.29) is 0 Å². The van der Waals surface area contributed by atoms with E-state index >= 15 is 0 Å². The number of hydrogen-bond donors (Lipinski definition) is 0. The van der Waals surface area contributed by atoms with Gasteiger partial charge in [0.25, 0.3) is 0 Å². The molecular weight excluding hydrogens is 152 g/mol. The van der Waals surface area contributed by atoms with Gasteiger partial charge in [0.1, 0.15) is 19.0 Å². The molecule has 0 aliphatic carbocycles. The van der Waals surface area contributed by atoms with Crippen molar-refractivity contribution in [3.05, 3.63) is 30.1 Å². The van der Waals surface area contributed by atoms with Crippen LogP contribution >= 0.6 is 0 Å². The average molecular weight is 162 g/mol. The van der Waals surface area contributed by atoms with Gasteiger partial charge in [0.2, 0.25) is 0 Å². The molecule has 3 nitrogen and oxygen atoms in total. The van der Waals surface area contributed by atoms with Crippen LogP contribution in [0.3, 0.4) is 0 Å². The highest BCUT2D eigenvalue weighted by Gasteiger charge is 2.00. The molecule has 0 atom stereocenters. The van der Waals surface area contributed by atoms with Crippen LogP contribution in [0.4, 0.5) is 0 Å². The van der Waals surface area contributed by atoms with Crippen molar-refractivity contribution in [3.63, 3.8) is 0 Å². The lowest BCUT2D eigenvalue weighted by Gasteiger charge is -1.99. The summed E-state index contributed by atoms with van der Waals surface area (Å²) in [5.41, 5.74) is 3.18. The molecule has 3 heteroatoms. The maximum absolute atomic E-state index is 5.06. The largest absolute Gasteiger partial charge is 0.416 e. The van der Waals surface area contributed by atoms with Crippen molar-refractivity contribution < 1.29 is 4.84 Å². The normalized spacial score (nSPS) is 10.5. The molecule has 0 aliphatic rings. The third-order valence-electron chi connectivity index (χ3n) is 1.87. The molecular formula is C9H10N2O. The average Bonchev–Trinajstić information content (AvgIpc) is 2.46. The number of rotatable bonds is 1. The van der Waals surface area contributed by atoms with E-state index in [0.29, 0.717) is 0 Å². The van der Waals surface area contributed by atoms with E-state index in [9.17, 15) is 0 Å². The minimum Gasteiger partial charge on any atom is -0.416 e. The van der Waals surface area contributed by atoms with E-state index in [0.717, 1.165) is 11.0 Å². The molecule has 1 heterocycles. The number of nitrogens with zero attached hydrogens (tertiary/aromatic N) is 2. The molecule has 0 N–H and O–H groups in total. The fourth-order valence-electron chi connectivity index (χ4n) is 1.25. The Labute approximate surface area is 70.5 Å². The summed E-state index contributed by atoms with van der Waals surface area (Å²) in [7, 11) is 1.63. The van der Waals surface area contributed by atoms with Gasteiger partial charge in [-0.15, -0.1) is 0 Å². The Hall–Kier alpha value is -1.51. The lowest BCUT2D eigenvalue weighted by atomic mass is 10.2. The van der Waals surface area contributed by atoms with Gasteiger partial charge < -0.3 is 4.84 Å². The predicted molar refractivity (Wildman–Crippen MR) is 47.0 cm³/mol. The van der Waals surface area contributed by atoms with Crippen LogP contribution in [0.5, 0.6) is 0 Å². The molecule has 62 valence electrons. The number of fused-ring (bicyclic) bond motifs is 1. The van der Waals surface area contributed by atoms with Gasteiger partial charge in [-0.2, -0.15) is 4.73 Å². The van der Waals surface area contributed by atoms with Crippen LogP contribution in [-0.2, 0) is 0 Å². The summed E-state index contributed by atoms with van der Waals surface area (Å²) in [4.78, 5) is 9.25. The fourth-order valence-corrected chi connectivity index (χ4v) is 1.25. The van der Waals surface area contributed by atoms with E-state index in [4.69, 9.17) is 4.84 Å². The highest BCUT2D eigenvalue weighted by atomic mass is 16.6. The fraction of sp³-hybridized carbons (Fsp3) is 0.222.